The second kappa shape index (κ2) is 7.95. The number of carbonyl (C=O) groups excluding carboxylic acids is 3. The second-order valence-corrected chi connectivity index (χ2v) is 7.34. The summed E-state index contributed by atoms with van der Waals surface area (Å²) >= 11 is 0. The molecule has 4 rings (SSSR count). The minimum atomic E-state index is -0.445. The van der Waals surface area contributed by atoms with Crippen LogP contribution >= 0.6 is 0 Å². The van der Waals surface area contributed by atoms with Crippen LogP contribution in [0.4, 0.5) is 16.2 Å². The second-order valence-electron chi connectivity index (χ2n) is 7.34. The maximum atomic E-state index is 12.9. The van der Waals surface area contributed by atoms with Crippen molar-refractivity contribution in [3.8, 4) is 5.75 Å². The molecule has 0 saturated heterocycles. The fourth-order valence-corrected chi connectivity index (χ4v) is 4.00. The number of nitrogens with zero attached hydrogens (tertiary/aromatic N) is 1. The van der Waals surface area contributed by atoms with Gasteiger partial charge in [0.1, 0.15) is 5.75 Å². The zero-order chi connectivity index (χ0) is 20.4. The van der Waals surface area contributed by atoms with Gasteiger partial charge >= 0.3 is 6.03 Å². The average Bonchev–Trinajstić information content (AvgIpc) is 2.98. The lowest BCUT2D eigenvalue weighted by atomic mass is 9.94. The minimum absolute atomic E-state index is 0.0241. The van der Waals surface area contributed by atoms with E-state index in [-0.39, 0.29) is 17.9 Å². The van der Waals surface area contributed by atoms with Crippen molar-refractivity contribution in [2.45, 2.75) is 38.1 Å². The molecule has 1 fully saturated rings. The molecule has 2 aromatic carbocycles. The Labute approximate surface area is 169 Å². The average molecular weight is 393 g/mol. The first-order valence-electron chi connectivity index (χ1n) is 9.81. The number of amides is 4. The van der Waals surface area contributed by atoms with Gasteiger partial charge in [-0.1, -0.05) is 25.3 Å². The number of ether oxygens (including phenoxy) is 1. The predicted molar refractivity (Wildman–Crippen MR) is 109 cm³/mol. The molecule has 1 aliphatic heterocycles. The van der Waals surface area contributed by atoms with Crippen LogP contribution in [-0.2, 0) is 0 Å². The number of fused-ring (bicyclic) bond motifs is 1. The number of urea groups is 1. The minimum Gasteiger partial charge on any atom is -0.497 e. The molecule has 0 bridgehead atoms. The van der Waals surface area contributed by atoms with Crippen molar-refractivity contribution in [3.63, 3.8) is 0 Å². The lowest BCUT2D eigenvalue weighted by Crippen LogP contribution is -2.40. The van der Waals surface area contributed by atoms with Crippen LogP contribution in [0.2, 0.25) is 0 Å². The van der Waals surface area contributed by atoms with Gasteiger partial charge in [0.05, 0.1) is 18.2 Å². The summed E-state index contributed by atoms with van der Waals surface area (Å²) in [6, 6.07) is 11.4. The number of imide groups is 1. The largest absolute Gasteiger partial charge is 0.497 e. The Kier molecular flexibility index (Phi) is 5.20. The molecular weight excluding hydrogens is 370 g/mol. The fraction of sp³-hybridized carbons (Fsp3) is 0.318. The van der Waals surface area contributed by atoms with E-state index < -0.39 is 6.03 Å². The Hall–Kier alpha value is -3.35. The highest BCUT2D eigenvalue weighted by Gasteiger charge is 2.40. The maximum Gasteiger partial charge on any atom is 0.323 e. The van der Waals surface area contributed by atoms with Gasteiger partial charge in [0.2, 0.25) is 0 Å². The SMILES string of the molecule is COc1cccc(NC(=O)Nc2ccc3c(c2)C(=O)N(C2CCCCC2)C3=O)c1. The number of hydrogen-bond donors (Lipinski definition) is 2. The number of nitrogens with one attached hydrogen (secondary N) is 2. The third kappa shape index (κ3) is 3.81. The molecule has 1 aliphatic carbocycles. The van der Waals surface area contributed by atoms with Crippen LogP contribution in [0.5, 0.6) is 5.75 Å². The molecular formula is C22H23N3O4. The van der Waals surface area contributed by atoms with E-state index in [4.69, 9.17) is 4.74 Å². The van der Waals surface area contributed by atoms with Gasteiger partial charge in [0.15, 0.2) is 0 Å². The molecule has 2 N–H and O–H groups in total. The van der Waals surface area contributed by atoms with Gasteiger partial charge in [-0.3, -0.25) is 14.5 Å². The highest BCUT2D eigenvalue weighted by Crippen LogP contribution is 2.32. The molecule has 2 aromatic rings. The van der Waals surface area contributed by atoms with Crippen LogP contribution in [0.1, 0.15) is 52.8 Å². The molecule has 0 aromatic heterocycles. The Morgan fingerprint density at radius 3 is 2.34 bits per heavy atom. The summed E-state index contributed by atoms with van der Waals surface area (Å²) in [5.74, 6) is 0.130. The number of hydrogen-bond acceptors (Lipinski definition) is 4. The standard InChI is InChI=1S/C22H23N3O4/c1-29-17-9-5-6-14(12-17)23-22(28)24-15-10-11-18-19(13-15)21(27)25(20(18)26)16-7-3-2-4-8-16/h5-6,9-13,16H,2-4,7-8H2,1H3,(H2,23,24,28). The van der Waals surface area contributed by atoms with Crippen LogP contribution < -0.4 is 15.4 Å². The van der Waals surface area contributed by atoms with E-state index in [1.54, 1.807) is 49.6 Å². The van der Waals surface area contributed by atoms with Crippen LogP contribution in [0.3, 0.4) is 0 Å². The van der Waals surface area contributed by atoms with Crippen molar-refractivity contribution in [1.29, 1.82) is 0 Å². The Morgan fingerprint density at radius 2 is 1.62 bits per heavy atom. The first-order valence-corrected chi connectivity index (χ1v) is 9.81. The van der Waals surface area contributed by atoms with Crippen LogP contribution in [-0.4, -0.2) is 35.9 Å². The molecule has 0 unspecified atom stereocenters. The number of methoxy groups -OCH3 is 1. The summed E-state index contributed by atoms with van der Waals surface area (Å²) < 4.78 is 5.14. The number of rotatable bonds is 4. The topological polar surface area (TPSA) is 87.7 Å². The zero-order valence-corrected chi connectivity index (χ0v) is 16.2. The number of anilines is 2. The molecule has 29 heavy (non-hydrogen) atoms. The zero-order valence-electron chi connectivity index (χ0n) is 16.2. The van der Waals surface area contributed by atoms with Gasteiger partial charge in [-0.05, 0) is 43.2 Å². The highest BCUT2D eigenvalue weighted by molar-refractivity contribution is 6.22. The lowest BCUT2D eigenvalue weighted by Gasteiger charge is -2.29. The Morgan fingerprint density at radius 1 is 0.931 bits per heavy atom. The molecule has 0 spiro atoms. The summed E-state index contributed by atoms with van der Waals surface area (Å²) in [5.41, 5.74) is 1.78. The monoisotopic (exact) mass is 393 g/mol. The maximum absolute atomic E-state index is 12.9. The summed E-state index contributed by atoms with van der Waals surface area (Å²) in [6.45, 7) is 0. The lowest BCUT2D eigenvalue weighted by molar-refractivity contribution is 0.0549. The molecule has 7 heteroatoms. The van der Waals surface area contributed by atoms with Crippen LogP contribution in [0, 0.1) is 0 Å². The fourth-order valence-electron chi connectivity index (χ4n) is 4.00. The Bertz CT molecular complexity index is 966. The van der Waals surface area contributed by atoms with Gasteiger partial charge in [-0.25, -0.2) is 4.79 Å². The van der Waals surface area contributed by atoms with Crippen molar-refractivity contribution in [2.24, 2.45) is 0 Å². The summed E-state index contributed by atoms with van der Waals surface area (Å²) in [4.78, 5) is 39.3. The smallest absolute Gasteiger partial charge is 0.323 e. The van der Waals surface area contributed by atoms with Crippen molar-refractivity contribution in [1.82, 2.24) is 4.90 Å². The molecule has 2 aliphatic rings. The van der Waals surface area contributed by atoms with Crippen molar-refractivity contribution in [2.75, 3.05) is 17.7 Å². The van der Waals surface area contributed by atoms with E-state index in [2.05, 4.69) is 10.6 Å². The number of benzene rings is 2. The van der Waals surface area contributed by atoms with Gasteiger partial charge < -0.3 is 15.4 Å². The normalized spacial score (nSPS) is 16.5. The molecule has 0 radical (unpaired) electrons. The Balaban J connectivity index is 1.47. The first kappa shape index (κ1) is 19.0. The first-order chi connectivity index (χ1) is 14.1. The number of carbonyl (C=O) groups is 3. The van der Waals surface area contributed by atoms with Crippen LogP contribution in [0.15, 0.2) is 42.5 Å². The van der Waals surface area contributed by atoms with E-state index in [0.717, 1.165) is 32.1 Å². The third-order valence-corrected chi connectivity index (χ3v) is 5.44. The quantitative estimate of drug-likeness (QED) is 0.760. The molecule has 7 nitrogen and oxygen atoms in total. The predicted octanol–water partition coefficient (Wildman–Crippen LogP) is 4.27. The van der Waals surface area contributed by atoms with E-state index in [9.17, 15) is 14.4 Å². The van der Waals surface area contributed by atoms with Crippen molar-refractivity contribution < 1.29 is 19.1 Å². The summed E-state index contributed by atoms with van der Waals surface area (Å²) in [6.07, 6.45) is 4.94. The van der Waals surface area contributed by atoms with Crippen LogP contribution in [0.25, 0.3) is 0 Å². The van der Waals surface area contributed by atoms with Crippen molar-refractivity contribution in [3.05, 3.63) is 53.6 Å². The van der Waals surface area contributed by atoms with E-state index in [1.807, 2.05) is 0 Å². The van der Waals surface area contributed by atoms with Crippen molar-refractivity contribution >= 4 is 29.2 Å². The van der Waals surface area contributed by atoms with Gasteiger partial charge in [-0.15, -0.1) is 0 Å². The van der Waals surface area contributed by atoms with Gasteiger partial charge in [0, 0.05) is 23.5 Å². The molecule has 0 atom stereocenters. The highest BCUT2D eigenvalue weighted by atomic mass is 16.5. The van der Waals surface area contributed by atoms with Gasteiger partial charge in [0.25, 0.3) is 11.8 Å². The molecule has 150 valence electrons. The van der Waals surface area contributed by atoms with Gasteiger partial charge in [-0.2, -0.15) is 0 Å². The van der Waals surface area contributed by atoms with E-state index >= 15 is 0 Å². The van der Waals surface area contributed by atoms with E-state index in [0.29, 0.717) is 28.3 Å². The molecule has 4 amide bonds. The third-order valence-electron chi connectivity index (χ3n) is 5.44. The molecule has 1 saturated carbocycles. The van der Waals surface area contributed by atoms with E-state index in [1.165, 1.54) is 4.90 Å². The summed E-state index contributed by atoms with van der Waals surface area (Å²) in [5, 5.41) is 5.44. The molecule has 1 heterocycles. The summed E-state index contributed by atoms with van der Waals surface area (Å²) in [7, 11) is 1.55.